The molecule has 1 aliphatic heterocycles. The first-order valence-electron chi connectivity index (χ1n) is 5.62. The number of ether oxygens (including phenoxy) is 1. The quantitative estimate of drug-likeness (QED) is 0.730. The van der Waals surface area contributed by atoms with Crippen LogP contribution in [0.25, 0.3) is 0 Å². The van der Waals surface area contributed by atoms with Gasteiger partial charge in [-0.25, -0.2) is 4.79 Å². The van der Waals surface area contributed by atoms with E-state index in [1.165, 1.54) is 17.2 Å². The van der Waals surface area contributed by atoms with Crippen LogP contribution in [-0.4, -0.2) is 41.1 Å². The second-order valence-corrected chi connectivity index (χ2v) is 3.79. The molecule has 6 nitrogen and oxygen atoms in total. The molecule has 0 aromatic carbocycles. The van der Waals surface area contributed by atoms with Gasteiger partial charge in [0, 0.05) is 12.6 Å². The number of likely N-dealkylation sites (tertiary alicyclic amines) is 1. The molecule has 92 valence electrons. The van der Waals surface area contributed by atoms with Crippen LogP contribution in [0.15, 0.2) is 16.9 Å². The Hall–Kier alpha value is -1.85. The second-order valence-electron chi connectivity index (χ2n) is 3.79. The van der Waals surface area contributed by atoms with Gasteiger partial charge in [0.1, 0.15) is 12.3 Å². The van der Waals surface area contributed by atoms with E-state index in [1.54, 1.807) is 6.92 Å². The number of esters is 1. The predicted molar refractivity (Wildman–Crippen MR) is 57.2 cm³/mol. The minimum absolute atomic E-state index is 0.223. The van der Waals surface area contributed by atoms with Crippen LogP contribution in [0.2, 0.25) is 0 Å². The average Bonchev–Trinajstić information content (AvgIpc) is 3.00. The Bertz CT molecular complexity index is 402. The smallest absolute Gasteiger partial charge is 0.328 e. The summed E-state index contributed by atoms with van der Waals surface area (Å²) in [6, 6.07) is 1.00. The highest BCUT2D eigenvalue weighted by Crippen LogP contribution is 2.20. The predicted octanol–water partition coefficient (Wildman–Crippen LogP) is 0.842. The van der Waals surface area contributed by atoms with Gasteiger partial charge in [0.05, 0.1) is 6.61 Å². The zero-order chi connectivity index (χ0) is 12.3. The van der Waals surface area contributed by atoms with Crippen molar-refractivity contribution in [3.63, 3.8) is 0 Å². The largest absolute Gasteiger partial charge is 0.464 e. The summed E-state index contributed by atoms with van der Waals surface area (Å²) in [5, 5.41) is 3.58. The van der Waals surface area contributed by atoms with E-state index in [4.69, 9.17) is 4.74 Å². The molecule has 1 aromatic heterocycles. The number of amides is 1. The van der Waals surface area contributed by atoms with E-state index in [2.05, 4.69) is 9.68 Å². The average molecular weight is 238 g/mol. The van der Waals surface area contributed by atoms with Crippen molar-refractivity contribution in [1.29, 1.82) is 0 Å². The van der Waals surface area contributed by atoms with E-state index in [0.29, 0.717) is 19.6 Å². The number of carbonyl (C=O) groups is 2. The summed E-state index contributed by atoms with van der Waals surface area (Å²) in [5.41, 5.74) is 0.223. The Labute approximate surface area is 98.5 Å². The third kappa shape index (κ3) is 2.30. The highest BCUT2D eigenvalue weighted by atomic mass is 16.5. The fourth-order valence-electron chi connectivity index (χ4n) is 1.96. The van der Waals surface area contributed by atoms with Crippen LogP contribution in [0.5, 0.6) is 0 Å². The topological polar surface area (TPSA) is 72.6 Å². The highest BCUT2D eigenvalue weighted by Gasteiger charge is 2.36. The van der Waals surface area contributed by atoms with Crippen LogP contribution in [-0.2, 0) is 9.53 Å². The monoisotopic (exact) mass is 238 g/mol. The maximum atomic E-state index is 12.0. The Balaban J connectivity index is 2.09. The molecule has 1 aliphatic rings. The lowest BCUT2D eigenvalue weighted by atomic mass is 10.2. The molecule has 2 rings (SSSR count). The van der Waals surface area contributed by atoms with Gasteiger partial charge in [0.2, 0.25) is 0 Å². The van der Waals surface area contributed by atoms with Crippen LogP contribution < -0.4 is 0 Å². The third-order valence-corrected chi connectivity index (χ3v) is 2.73. The zero-order valence-corrected chi connectivity index (χ0v) is 9.59. The van der Waals surface area contributed by atoms with E-state index in [-0.39, 0.29) is 17.6 Å². The molecule has 17 heavy (non-hydrogen) atoms. The molecule has 6 heteroatoms. The molecule has 1 fully saturated rings. The van der Waals surface area contributed by atoms with Crippen molar-refractivity contribution in [3.05, 3.63) is 18.0 Å². The van der Waals surface area contributed by atoms with Gasteiger partial charge in [-0.2, -0.15) is 0 Å². The molecule has 1 aromatic rings. The standard InChI is InChI=1S/C11H14N2O4/c1-2-16-11(15)9-4-3-6-13(9)10(14)8-5-7-17-12-8/h5,7,9H,2-4,6H2,1H3. The van der Waals surface area contributed by atoms with Gasteiger partial charge in [-0.1, -0.05) is 5.16 Å². The molecule has 2 heterocycles. The molecule has 1 atom stereocenters. The summed E-state index contributed by atoms with van der Waals surface area (Å²) in [7, 11) is 0. The van der Waals surface area contributed by atoms with Crippen molar-refractivity contribution < 1.29 is 18.8 Å². The molecule has 0 radical (unpaired) electrons. The van der Waals surface area contributed by atoms with Crippen molar-refractivity contribution in [2.24, 2.45) is 0 Å². The van der Waals surface area contributed by atoms with Gasteiger partial charge in [-0.3, -0.25) is 4.79 Å². The Morgan fingerprint density at radius 3 is 3.12 bits per heavy atom. The molecule has 0 saturated carbocycles. The van der Waals surface area contributed by atoms with Crippen molar-refractivity contribution >= 4 is 11.9 Å². The van der Waals surface area contributed by atoms with Gasteiger partial charge in [0.25, 0.3) is 5.91 Å². The SMILES string of the molecule is CCOC(=O)C1CCCN1C(=O)c1ccon1. The molecule has 0 bridgehead atoms. The summed E-state index contributed by atoms with van der Waals surface area (Å²) >= 11 is 0. The van der Waals surface area contributed by atoms with E-state index >= 15 is 0 Å². The summed E-state index contributed by atoms with van der Waals surface area (Å²) < 4.78 is 9.57. The lowest BCUT2D eigenvalue weighted by Gasteiger charge is -2.21. The van der Waals surface area contributed by atoms with Crippen LogP contribution in [0.4, 0.5) is 0 Å². The fraction of sp³-hybridized carbons (Fsp3) is 0.545. The van der Waals surface area contributed by atoms with Gasteiger partial charge in [-0.05, 0) is 19.8 Å². The van der Waals surface area contributed by atoms with Gasteiger partial charge >= 0.3 is 5.97 Å². The van der Waals surface area contributed by atoms with Gasteiger partial charge < -0.3 is 14.2 Å². The van der Waals surface area contributed by atoms with Crippen LogP contribution >= 0.6 is 0 Å². The number of hydrogen-bond acceptors (Lipinski definition) is 5. The molecule has 1 amide bonds. The maximum absolute atomic E-state index is 12.0. The number of aromatic nitrogens is 1. The Kier molecular flexibility index (Phi) is 3.41. The molecule has 1 saturated heterocycles. The minimum atomic E-state index is -0.487. The molecule has 0 spiro atoms. The summed E-state index contributed by atoms with van der Waals surface area (Å²) in [6.45, 7) is 2.62. The Morgan fingerprint density at radius 1 is 1.65 bits per heavy atom. The molecule has 0 N–H and O–H groups in total. The first-order valence-corrected chi connectivity index (χ1v) is 5.62. The number of nitrogens with zero attached hydrogens (tertiary/aromatic N) is 2. The lowest BCUT2D eigenvalue weighted by Crippen LogP contribution is -2.41. The van der Waals surface area contributed by atoms with Crippen molar-refractivity contribution in [1.82, 2.24) is 10.1 Å². The number of carbonyl (C=O) groups excluding carboxylic acids is 2. The number of rotatable bonds is 3. The molecular weight excluding hydrogens is 224 g/mol. The van der Waals surface area contributed by atoms with Crippen LogP contribution in [0, 0.1) is 0 Å². The summed E-state index contributed by atoms with van der Waals surface area (Å²) in [4.78, 5) is 25.2. The Morgan fingerprint density at radius 2 is 2.47 bits per heavy atom. The van der Waals surface area contributed by atoms with E-state index < -0.39 is 6.04 Å². The van der Waals surface area contributed by atoms with Gasteiger partial charge in [-0.15, -0.1) is 0 Å². The summed E-state index contributed by atoms with van der Waals surface area (Å²) in [5.74, 6) is -0.629. The molecule has 1 unspecified atom stereocenters. The minimum Gasteiger partial charge on any atom is -0.464 e. The van der Waals surface area contributed by atoms with E-state index in [9.17, 15) is 9.59 Å². The zero-order valence-electron chi connectivity index (χ0n) is 9.59. The first-order chi connectivity index (χ1) is 8.24. The van der Waals surface area contributed by atoms with Crippen LogP contribution in [0.3, 0.4) is 0 Å². The van der Waals surface area contributed by atoms with E-state index in [1.807, 2.05) is 0 Å². The normalized spacial score (nSPS) is 19.4. The van der Waals surface area contributed by atoms with E-state index in [0.717, 1.165) is 6.42 Å². The van der Waals surface area contributed by atoms with Crippen LogP contribution in [0.1, 0.15) is 30.3 Å². The second kappa shape index (κ2) is 4.99. The number of hydrogen-bond donors (Lipinski definition) is 0. The summed E-state index contributed by atoms with van der Waals surface area (Å²) in [6.07, 6.45) is 2.78. The van der Waals surface area contributed by atoms with Gasteiger partial charge in [0.15, 0.2) is 5.69 Å². The first kappa shape index (κ1) is 11.6. The van der Waals surface area contributed by atoms with Crippen molar-refractivity contribution in [2.45, 2.75) is 25.8 Å². The lowest BCUT2D eigenvalue weighted by molar-refractivity contribution is -0.147. The fourth-order valence-corrected chi connectivity index (χ4v) is 1.96. The highest BCUT2D eigenvalue weighted by molar-refractivity contribution is 5.95. The van der Waals surface area contributed by atoms with Crippen molar-refractivity contribution in [3.8, 4) is 0 Å². The molecule has 0 aliphatic carbocycles. The molecular formula is C11H14N2O4. The van der Waals surface area contributed by atoms with Crippen molar-refractivity contribution in [2.75, 3.05) is 13.2 Å². The third-order valence-electron chi connectivity index (χ3n) is 2.73. The maximum Gasteiger partial charge on any atom is 0.328 e.